The van der Waals surface area contributed by atoms with Crippen LogP contribution in [0.2, 0.25) is 0 Å². The Morgan fingerprint density at radius 3 is 2.42 bits per heavy atom. The van der Waals surface area contributed by atoms with E-state index in [2.05, 4.69) is 51.0 Å². The number of hydrogen-bond donors (Lipinski definition) is 1. The third-order valence-electron chi connectivity index (χ3n) is 4.96. The van der Waals surface area contributed by atoms with Crippen molar-refractivity contribution in [3.05, 3.63) is 54.2 Å². The Bertz CT molecular complexity index is 840. The van der Waals surface area contributed by atoms with Crippen molar-refractivity contribution in [3.63, 3.8) is 0 Å². The number of aryl methyl sites for hydroxylation is 1. The van der Waals surface area contributed by atoms with Gasteiger partial charge in [-0.25, -0.2) is 9.97 Å². The predicted molar refractivity (Wildman–Crippen MR) is 97.8 cm³/mol. The normalized spacial score (nSPS) is 16.6. The minimum atomic E-state index is 0.167. The summed E-state index contributed by atoms with van der Waals surface area (Å²) in [6.07, 6.45) is 3.57. The highest BCUT2D eigenvalue weighted by Crippen LogP contribution is 2.20. The minimum absolute atomic E-state index is 0.167. The van der Waals surface area contributed by atoms with Gasteiger partial charge in [-0.15, -0.1) is 10.2 Å². The molecule has 26 heavy (non-hydrogen) atoms. The van der Waals surface area contributed by atoms with Crippen LogP contribution in [0.4, 0.5) is 5.95 Å². The SMILES string of the molecule is Cc1ccc(-c2nnc([C@@H](C)[NH+]3CCN(c4ncccn4)CC3)o2)cc1. The molecule has 1 fully saturated rings. The highest BCUT2D eigenvalue weighted by atomic mass is 16.4. The molecular weight excluding hydrogens is 328 g/mol. The van der Waals surface area contributed by atoms with E-state index in [0.29, 0.717) is 11.8 Å². The average molecular weight is 351 g/mol. The van der Waals surface area contributed by atoms with Crippen molar-refractivity contribution in [2.24, 2.45) is 0 Å². The van der Waals surface area contributed by atoms with Gasteiger partial charge in [-0.1, -0.05) is 17.7 Å². The first-order valence-electron chi connectivity index (χ1n) is 8.97. The summed E-state index contributed by atoms with van der Waals surface area (Å²) >= 11 is 0. The first-order chi connectivity index (χ1) is 12.7. The molecule has 0 aliphatic carbocycles. The second-order valence-corrected chi connectivity index (χ2v) is 6.73. The summed E-state index contributed by atoms with van der Waals surface area (Å²) in [6, 6.07) is 10.2. The second-order valence-electron chi connectivity index (χ2n) is 6.73. The van der Waals surface area contributed by atoms with E-state index in [1.165, 1.54) is 10.5 Å². The van der Waals surface area contributed by atoms with Gasteiger partial charge in [-0.3, -0.25) is 0 Å². The summed E-state index contributed by atoms with van der Waals surface area (Å²) in [4.78, 5) is 12.3. The van der Waals surface area contributed by atoms with Crippen LogP contribution in [0.3, 0.4) is 0 Å². The van der Waals surface area contributed by atoms with Gasteiger partial charge >= 0.3 is 0 Å². The molecule has 0 amide bonds. The Hall–Kier alpha value is -2.80. The Kier molecular flexibility index (Phi) is 4.62. The summed E-state index contributed by atoms with van der Waals surface area (Å²) < 4.78 is 5.95. The van der Waals surface area contributed by atoms with Crippen molar-refractivity contribution in [1.82, 2.24) is 20.2 Å². The number of benzene rings is 1. The molecule has 1 aliphatic heterocycles. The van der Waals surface area contributed by atoms with E-state index in [-0.39, 0.29) is 6.04 Å². The Labute approximate surface area is 152 Å². The molecule has 0 radical (unpaired) electrons. The van der Waals surface area contributed by atoms with E-state index in [1.807, 2.05) is 18.2 Å². The standard InChI is InChI=1S/C19H22N6O/c1-14-4-6-16(7-5-14)18-23-22-17(26-18)15(2)24-10-12-25(13-11-24)19-20-8-3-9-21-19/h3-9,15H,10-13H2,1-2H3/p+1/t15-/m1/s1. The molecular formula is C19H23N6O+. The smallest absolute Gasteiger partial charge is 0.274 e. The summed E-state index contributed by atoms with van der Waals surface area (Å²) in [5.41, 5.74) is 2.18. The quantitative estimate of drug-likeness (QED) is 0.764. The van der Waals surface area contributed by atoms with Gasteiger partial charge in [0, 0.05) is 18.0 Å². The van der Waals surface area contributed by atoms with Crippen LogP contribution in [-0.4, -0.2) is 46.3 Å². The van der Waals surface area contributed by atoms with Gasteiger partial charge in [0.15, 0.2) is 6.04 Å². The first kappa shape index (κ1) is 16.7. The van der Waals surface area contributed by atoms with Gasteiger partial charge < -0.3 is 14.2 Å². The average Bonchev–Trinajstić information content (AvgIpc) is 3.19. The topological polar surface area (TPSA) is 72.4 Å². The molecule has 1 saturated heterocycles. The number of anilines is 1. The molecule has 1 N–H and O–H groups in total. The van der Waals surface area contributed by atoms with E-state index in [9.17, 15) is 0 Å². The molecule has 7 heteroatoms. The fraction of sp³-hybridized carbons (Fsp3) is 0.368. The van der Waals surface area contributed by atoms with E-state index < -0.39 is 0 Å². The van der Waals surface area contributed by atoms with Gasteiger partial charge in [0.1, 0.15) is 0 Å². The molecule has 3 aromatic rings. The largest absolute Gasteiger partial charge is 0.415 e. The highest BCUT2D eigenvalue weighted by molar-refractivity contribution is 5.52. The van der Waals surface area contributed by atoms with Gasteiger partial charge in [-0.2, -0.15) is 0 Å². The van der Waals surface area contributed by atoms with E-state index in [1.54, 1.807) is 12.4 Å². The van der Waals surface area contributed by atoms with Crippen molar-refractivity contribution in [2.45, 2.75) is 19.9 Å². The Morgan fingerprint density at radius 2 is 1.73 bits per heavy atom. The maximum atomic E-state index is 5.95. The molecule has 4 rings (SSSR count). The van der Waals surface area contributed by atoms with Crippen molar-refractivity contribution in [3.8, 4) is 11.5 Å². The maximum absolute atomic E-state index is 5.95. The monoisotopic (exact) mass is 351 g/mol. The zero-order valence-electron chi connectivity index (χ0n) is 15.1. The number of rotatable bonds is 4. The van der Waals surface area contributed by atoms with Crippen molar-refractivity contribution in [1.29, 1.82) is 0 Å². The van der Waals surface area contributed by atoms with Crippen molar-refractivity contribution in [2.75, 3.05) is 31.1 Å². The van der Waals surface area contributed by atoms with Crippen LogP contribution in [0.1, 0.15) is 24.4 Å². The number of quaternary nitrogens is 1. The highest BCUT2D eigenvalue weighted by Gasteiger charge is 2.30. The lowest BCUT2D eigenvalue weighted by Crippen LogP contribution is -3.14. The molecule has 0 unspecified atom stereocenters. The fourth-order valence-corrected chi connectivity index (χ4v) is 3.28. The maximum Gasteiger partial charge on any atom is 0.274 e. The molecule has 134 valence electrons. The zero-order chi connectivity index (χ0) is 17.9. The Balaban J connectivity index is 1.41. The lowest BCUT2D eigenvalue weighted by molar-refractivity contribution is -0.931. The van der Waals surface area contributed by atoms with Crippen LogP contribution >= 0.6 is 0 Å². The van der Waals surface area contributed by atoms with Crippen LogP contribution in [0.5, 0.6) is 0 Å². The molecule has 7 nitrogen and oxygen atoms in total. The van der Waals surface area contributed by atoms with E-state index in [4.69, 9.17) is 4.42 Å². The fourth-order valence-electron chi connectivity index (χ4n) is 3.28. The van der Waals surface area contributed by atoms with Crippen molar-refractivity contribution >= 4 is 5.95 Å². The third-order valence-corrected chi connectivity index (χ3v) is 4.96. The van der Waals surface area contributed by atoms with Gasteiger partial charge in [0.25, 0.3) is 5.89 Å². The third kappa shape index (κ3) is 3.43. The number of hydrogen-bond acceptors (Lipinski definition) is 6. The van der Waals surface area contributed by atoms with Gasteiger partial charge in [0.05, 0.1) is 26.2 Å². The van der Waals surface area contributed by atoms with E-state index >= 15 is 0 Å². The van der Waals surface area contributed by atoms with Gasteiger partial charge in [-0.05, 0) is 32.0 Å². The number of piperazine rings is 1. The predicted octanol–water partition coefficient (Wildman–Crippen LogP) is 1.30. The molecule has 3 heterocycles. The van der Waals surface area contributed by atoms with Crippen LogP contribution in [0.15, 0.2) is 47.1 Å². The van der Waals surface area contributed by atoms with Crippen LogP contribution in [0, 0.1) is 6.92 Å². The Morgan fingerprint density at radius 1 is 1.04 bits per heavy atom. The summed E-state index contributed by atoms with van der Waals surface area (Å²) in [5.74, 6) is 2.08. The zero-order valence-corrected chi connectivity index (χ0v) is 15.1. The molecule has 2 aromatic heterocycles. The first-order valence-corrected chi connectivity index (χ1v) is 8.97. The summed E-state index contributed by atoms with van der Waals surface area (Å²) in [6.45, 7) is 8.03. The minimum Gasteiger partial charge on any atom is -0.415 e. The van der Waals surface area contributed by atoms with E-state index in [0.717, 1.165) is 37.7 Å². The second kappa shape index (κ2) is 7.21. The number of aromatic nitrogens is 4. The summed E-state index contributed by atoms with van der Waals surface area (Å²) in [7, 11) is 0. The summed E-state index contributed by atoms with van der Waals surface area (Å²) in [5, 5.41) is 8.53. The molecule has 0 saturated carbocycles. The number of nitrogens with zero attached hydrogens (tertiary/aromatic N) is 5. The molecule has 1 aromatic carbocycles. The lowest BCUT2D eigenvalue weighted by atomic mass is 10.1. The molecule has 0 spiro atoms. The van der Waals surface area contributed by atoms with Crippen LogP contribution in [-0.2, 0) is 0 Å². The number of nitrogens with one attached hydrogen (secondary N) is 1. The van der Waals surface area contributed by atoms with Crippen molar-refractivity contribution < 1.29 is 9.32 Å². The van der Waals surface area contributed by atoms with Crippen LogP contribution < -0.4 is 9.80 Å². The van der Waals surface area contributed by atoms with Gasteiger partial charge in [0.2, 0.25) is 11.8 Å². The van der Waals surface area contributed by atoms with Crippen LogP contribution in [0.25, 0.3) is 11.5 Å². The lowest BCUT2D eigenvalue weighted by Gasteiger charge is -2.34. The molecule has 0 bridgehead atoms. The molecule has 1 aliphatic rings. The molecule has 1 atom stereocenters.